The number of hydrogen-bond acceptors (Lipinski definition) is 4. The fourth-order valence-corrected chi connectivity index (χ4v) is 2.54. The van der Waals surface area contributed by atoms with Gasteiger partial charge in [-0.3, -0.25) is 4.79 Å². The van der Waals surface area contributed by atoms with Crippen LogP contribution in [0.2, 0.25) is 0 Å². The van der Waals surface area contributed by atoms with Gasteiger partial charge in [0.25, 0.3) is 10.0 Å². The van der Waals surface area contributed by atoms with E-state index in [1.165, 1.54) is 12.5 Å². The first-order valence-electron chi connectivity index (χ1n) is 6.02. The van der Waals surface area contributed by atoms with E-state index in [-0.39, 0.29) is 17.5 Å². The van der Waals surface area contributed by atoms with Gasteiger partial charge in [-0.15, -0.1) is 0 Å². The Morgan fingerprint density at radius 2 is 2.16 bits per heavy atom. The lowest BCUT2D eigenvalue weighted by Crippen LogP contribution is -2.35. The average molecular weight is 289 g/mol. The van der Waals surface area contributed by atoms with E-state index in [0.717, 1.165) is 0 Å². The summed E-state index contributed by atoms with van der Waals surface area (Å²) in [4.78, 5) is 14.8. The van der Waals surface area contributed by atoms with E-state index in [4.69, 9.17) is 5.11 Å². The number of carboxylic acid groups (broad SMARTS) is 1. The van der Waals surface area contributed by atoms with E-state index in [2.05, 4.69) is 9.71 Å². The van der Waals surface area contributed by atoms with E-state index in [9.17, 15) is 13.2 Å². The van der Waals surface area contributed by atoms with E-state index in [1.807, 2.05) is 6.92 Å². The Morgan fingerprint density at radius 3 is 2.58 bits per heavy atom. The molecular weight excluding hydrogens is 270 g/mol. The van der Waals surface area contributed by atoms with Crippen LogP contribution in [0.3, 0.4) is 0 Å². The minimum atomic E-state index is -3.76. The molecule has 1 atom stereocenters. The van der Waals surface area contributed by atoms with Gasteiger partial charge in [-0.1, -0.05) is 13.8 Å². The van der Waals surface area contributed by atoms with Crippen LogP contribution in [-0.2, 0) is 21.4 Å². The first kappa shape index (κ1) is 15.6. The fourth-order valence-electron chi connectivity index (χ4n) is 1.53. The Bertz CT molecular complexity index is 536. The molecule has 0 bridgehead atoms. The van der Waals surface area contributed by atoms with Gasteiger partial charge in [0.15, 0.2) is 5.03 Å². The quantitative estimate of drug-likeness (QED) is 0.762. The summed E-state index contributed by atoms with van der Waals surface area (Å²) in [6, 6.07) is 0. The van der Waals surface area contributed by atoms with Gasteiger partial charge < -0.3 is 9.67 Å². The predicted octanol–water partition coefficient (Wildman–Crippen LogP) is 0.538. The van der Waals surface area contributed by atoms with Gasteiger partial charge in [-0.05, 0) is 12.8 Å². The molecule has 0 saturated heterocycles. The van der Waals surface area contributed by atoms with Crippen molar-refractivity contribution in [2.75, 3.05) is 6.54 Å². The molecule has 0 aliphatic rings. The second kappa shape index (κ2) is 6.16. The summed E-state index contributed by atoms with van der Waals surface area (Å²) in [5.41, 5.74) is 0. The number of imidazole rings is 1. The molecule has 2 N–H and O–H groups in total. The zero-order valence-corrected chi connectivity index (χ0v) is 12.0. The van der Waals surface area contributed by atoms with Crippen molar-refractivity contribution in [3.8, 4) is 0 Å². The van der Waals surface area contributed by atoms with Crippen LogP contribution in [0.4, 0.5) is 0 Å². The zero-order chi connectivity index (χ0) is 14.6. The summed E-state index contributed by atoms with van der Waals surface area (Å²) < 4.78 is 27.8. The number of sulfonamides is 1. The van der Waals surface area contributed by atoms with Crippen LogP contribution in [0.1, 0.15) is 20.8 Å². The predicted molar refractivity (Wildman–Crippen MR) is 69.1 cm³/mol. The lowest BCUT2D eigenvalue weighted by atomic mass is 9.97. The molecule has 1 heterocycles. The van der Waals surface area contributed by atoms with Crippen molar-refractivity contribution in [2.45, 2.75) is 32.3 Å². The highest BCUT2D eigenvalue weighted by Gasteiger charge is 2.25. The lowest BCUT2D eigenvalue weighted by Gasteiger charge is -2.16. The van der Waals surface area contributed by atoms with Crippen LogP contribution in [-0.4, -0.2) is 35.6 Å². The molecule has 0 fully saturated rings. The Kier molecular flexibility index (Phi) is 5.07. The summed E-state index contributed by atoms with van der Waals surface area (Å²) in [7, 11) is -3.76. The van der Waals surface area contributed by atoms with Gasteiger partial charge in [0.2, 0.25) is 0 Å². The van der Waals surface area contributed by atoms with Crippen molar-refractivity contribution in [3.05, 3.63) is 12.5 Å². The van der Waals surface area contributed by atoms with Gasteiger partial charge in [0.05, 0.1) is 12.2 Å². The number of hydrogen-bond donors (Lipinski definition) is 2. The molecule has 7 nitrogen and oxygen atoms in total. The molecule has 1 aromatic rings. The Balaban J connectivity index is 2.77. The molecule has 1 aromatic heterocycles. The number of nitrogens with zero attached hydrogens (tertiary/aromatic N) is 2. The van der Waals surface area contributed by atoms with E-state index in [0.29, 0.717) is 6.54 Å². The summed E-state index contributed by atoms with van der Waals surface area (Å²) in [6.07, 6.45) is 2.83. The summed E-state index contributed by atoms with van der Waals surface area (Å²) in [5.74, 6) is -1.94. The Morgan fingerprint density at radius 1 is 1.53 bits per heavy atom. The minimum Gasteiger partial charge on any atom is -0.481 e. The number of aromatic nitrogens is 2. The van der Waals surface area contributed by atoms with Crippen LogP contribution in [0.5, 0.6) is 0 Å². The molecule has 0 radical (unpaired) electrons. The molecule has 0 aromatic carbocycles. The van der Waals surface area contributed by atoms with Crippen LogP contribution in [0, 0.1) is 11.8 Å². The van der Waals surface area contributed by atoms with Crippen molar-refractivity contribution in [3.63, 3.8) is 0 Å². The van der Waals surface area contributed by atoms with Crippen molar-refractivity contribution in [2.24, 2.45) is 11.8 Å². The van der Waals surface area contributed by atoms with Crippen LogP contribution >= 0.6 is 0 Å². The van der Waals surface area contributed by atoms with Gasteiger partial charge in [-0.2, -0.15) is 0 Å². The van der Waals surface area contributed by atoms with Crippen LogP contribution < -0.4 is 4.72 Å². The van der Waals surface area contributed by atoms with Gasteiger partial charge >= 0.3 is 5.97 Å². The van der Waals surface area contributed by atoms with Crippen molar-refractivity contribution < 1.29 is 18.3 Å². The van der Waals surface area contributed by atoms with Gasteiger partial charge in [-0.25, -0.2) is 18.1 Å². The van der Waals surface area contributed by atoms with Crippen molar-refractivity contribution in [1.82, 2.24) is 14.3 Å². The maximum Gasteiger partial charge on any atom is 0.308 e. The molecule has 0 amide bonds. The maximum atomic E-state index is 11.9. The number of carbonyl (C=O) groups is 1. The largest absolute Gasteiger partial charge is 0.481 e. The zero-order valence-electron chi connectivity index (χ0n) is 11.2. The molecule has 0 saturated carbocycles. The fraction of sp³-hybridized carbons (Fsp3) is 0.636. The normalized spacial score (nSPS) is 13.7. The molecule has 8 heteroatoms. The SMILES string of the molecule is CCn1cnc(S(=O)(=O)NCC(C(=O)O)C(C)C)c1. The Hall–Kier alpha value is -1.41. The topological polar surface area (TPSA) is 101 Å². The minimum absolute atomic E-state index is 0.0951. The monoisotopic (exact) mass is 289 g/mol. The second-order valence-electron chi connectivity index (χ2n) is 4.58. The summed E-state index contributed by atoms with van der Waals surface area (Å²) in [5, 5.41) is 8.90. The van der Waals surface area contributed by atoms with Gasteiger partial charge in [0, 0.05) is 19.3 Å². The molecule has 108 valence electrons. The molecule has 0 spiro atoms. The molecule has 1 unspecified atom stereocenters. The Labute approximate surface area is 112 Å². The third-order valence-electron chi connectivity index (χ3n) is 2.87. The summed E-state index contributed by atoms with van der Waals surface area (Å²) in [6.45, 7) is 5.81. The highest BCUT2D eigenvalue weighted by Crippen LogP contribution is 2.12. The summed E-state index contributed by atoms with van der Waals surface area (Å²) >= 11 is 0. The second-order valence-corrected chi connectivity index (χ2v) is 6.30. The smallest absolute Gasteiger partial charge is 0.308 e. The van der Waals surface area contributed by atoms with E-state index >= 15 is 0 Å². The average Bonchev–Trinajstić information content (AvgIpc) is 2.77. The van der Waals surface area contributed by atoms with Crippen molar-refractivity contribution in [1.29, 1.82) is 0 Å². The highest BCUT2D eigenvalue weighted by atomic mass is 32.2. The number of rotatable bonds is 7. The first-order chi connectivity index (χ1) is 8.77. The molecule has 19 heavy (non-hydrogen) atoms. The number of nitrogens with one attached hydrogen (secondary N) is 1. The van der Waals surface area contributed by atoms with Crippen LogP contribution in [0.15, 0.2) is 17.6 Å². The molecule has 0 aliphatic carbocycles. The third kappa shape index (κ3) is 4.03. The maximum absolute atomic E-state index is 11.9. The van der Waals surface area contributed by atoms with Crippen LogP contribution in [0.25, 0.3) is 0 Å². The standard InChI is InChI=1S/C11H19N3O4S/c1-4-14-6-10(12-7-14)19(17,18)13-5-9(8(2)3)11(15)16/h6-9,13H,4-5H2,1-3H3,(H,15,16). The highest BCUT2D eigenvalue weighted by molar-refractivity contribution is 7.89. The molecule has 1 rings (SSSR count). The van der Waals surface area contributed by atoms with Gasteiger partial charge in [0.1, 0.15) is 0 Å². The molecule has 0 aliphatic heterocycles. The van der Waals surface area contributed by atoms with Crippen molar-refractivity contribution >= 4 is 16.0 Å². The first-order valence-corrected chi connectivity index (χ1v) is 7.50. The lowest BCUT2D eigenvalue weighted by molar-refractivity contribution is -0.142. The number of carboxylic acids is 1. The number of aliphatic carboxylic acids is 1. The number of aryl methyl sites for hydroxylation is 1. The van der Waals surface area contributed by atoms with E-state index < -0.39 is 21.9 Å². The molecular formula is C11H19N3O4S. The van der Waals surface area contributed by atoms with E-state index in [1.54, 1.807) is 18.4 Å². The third-order valence-corrected chi connectivity index (χ3v) is 4.17.